The van der Waals surface area contributed by atoms with Crippen molar-refractivity contribution in [2.24, 2.45) is 7.05 Å². The van der Waals surface area contributed by atoms with Crippen molar-refractivity contribution in [3.63, 3.8) is 0 Å². The van der Waals surface area contributed by atoms with E-state index < -0.39 is 6.04 Å². The van der Waals surface area contributed by atoms with Crippen LogP contribution in [0.3, 0.4) is 0 Å². The van der Waals surface area contributed by atoms with Crippen molar-refractivity contribution in [2.45, 2.75) is 18.9 Å². The Kier molecular flexibility index (Phi) is 3.22. The van der Waals surface area contributed by atoms with Crippen molar-refractivity contribution in [3.05, 3.63) is 11.9 Å². The summed E-state index contributed by atoms with van der Waals surface area (Å²) in [5.74, 6) is -0.422. The van der Waals surface area contributed by atoms with Gasteiger partial charge in [0.1, 0.15) is 6.04 Å². The number of likely N-dealkylation sites (N-methyl/N-ethyl adjacent to an activating group) is 1. The number of carbonyl (C=O) groups excluding carboxylic acids is 2. The molecule has 2 rings (SSSR count). The van der Waals surface area contributed by atoms with Gasteiger partial charge in [0, 0.05) is 26.8 Å². The summed E-state index contributed by atoms with van der Waals surface area (Å²) in [6, 6.07) is -0.413. The molecular weight excluding hydrogens is 234 g/mol. The number of nitrogen functional groups attached to an aromatic ring is 1. The first kappa shape index (κ1) is 12.4. The van der Waals surface area contributed by atoms with Crippen LogP contribution in [-0.2, 0) is 11.8 Å². The first-order valence-electron chi connectivity index (χ1n) is 5.86. The number of carbonyl (C=O) groups is 2. The van der Waals surface area contributed by atoms with Crippen LogP contribution in [0.25, 0.3) is 0 Å². The number of aryl methyl sites for hydroxylation is 1. The van der Waals surface area contributed by atoms with E-state index in [1.165, 1.54) is 9.58 Å². The van der Waals surface area contributed by atoms with Crippen LogP contribution in [0.1, 0.15) is 23.3 Å². The van der Waals surface area contributed by atoms with Crippen molar-refractivity contribution in [2.75, 3.05) is 19.3 Å². The van der Waals surface area contributed by atoms with E-state index in [0.717, 1.165) is 6.42 Å². The maximum atomic E-state index is 12.3. The smallest absolute Gasteiger partial charge is 0.277 e. The standard InChI is InChI=1S/C11H17N5O2/c1-13-10(17)8-4-3-5-16(8)11(18)9-7(12)6-15(2)14-9/h6,8H,3-5,12H2,1-2H3,(H,13,17). The van der Waals surface area contributed by atoms with Crippen LogP contribution in [0, 0.1) is 0 Å². The van der Waals surface area contributed by atoms with E-state index in [4.69, 9.17) is 5.73 Å². The lowest BCUT2D eigenvalue weighted by Gasteiger charge is -2.22. The molecule has 0 radical (unpaired) electrons. The third kappa shape index (κ3) is 2.03. The maximum Gasteiger partial charge on any atom is 0.277 e. The Morgan fingerprint density at radius 1 is 1.56 bits per heavy atom. The Balaban J connectivity index is 2.23. The van der Waals surface area contributed by atoms with Gasteiger partial charge in [0.05, 0.1) is 5.69 Å². The van der Waals surface area contributed by atoms with E-state index in [2.05, 4.69) is 10.4 Å². The third-order valence-electron chi connectivity index (χ3n) is 3.12. The molecule has 7 nitrogen and oxygen atoms in total. The topological polar surface area (TPSA) is 93.2 Å². The summed E-state index contributed by atoms with van der Waals surface area (Å²) < 4.78 is 1.49. The van der Waals surface area contributed by atoms with E-state index in [1.54, 1.807) is 20.3 Å². The van der Waals surface area contributed by atoms with Gasteiger partial charge < -0.3 is 16.0 Å². The molecule has 1 aromatic rings. The Labute approximate surface area is 105 Å². The fraction of sp³-hybridized carbons (Fsp3) is 0.545. The minimum Gasteiger partial charge on any atom is -0.396 e. The van der Waals surface area contributed by atoms with E-state index in [0.29, 0.717) is 18.7 Å². The summed E-state index contributed by atoms with van der Waals surface area (Å²) in [5, 5.41) is 6.62. The largest absolute Gasteiger partial charge is 0.396 e. The SMILES string of the molecule is CNC(=O)C1CCCN1C(=O)c1nn(C)cc1N. The van der Waals surface area contributed by atoms with Gasteiger partial charge in [-0.1, -0.05) is 0 Å². The molecular formula is C11H17N5O2. The van der Waals surface area contributed by atoms with Crippen molar-refractivity contribution in [1.29, 1.82) is 0 Å². The average Bonchev–Trinajstić information content (AvgIpc) is 2.94. The van der Waals surface area contributed by atoms with Crippen LogP contribution in [0.5, 0.6) is 0 Å². The highest BCUT2D eigenvalue weighted by molar-refractivity contribution is 6.00. The molecule has 98 valence electrons. The van der Waals surface area contributed by atoms with Gasteiger partial charge in [-0.3, -0.25) is 14.3 Å². The Morgan fingerprint density at radius 2 is 2.28 bits per heavy atom. The van der Waals surface area contributed by atoms with Crippen LogP contribution in [0.2, 0.25) is 0 Å². The van der Waals surface area contributed by atoms with Gasteiger partial charge in [-0.25, -0.2) is 0 Å². The number of nitrogens with zero attached hydrogens (tertiary/aromatic N) is 3. The van der Waals surface area contributed by atoms with Crippen LogP contribution in [-0.4, -0.2) is 46.1 Å². The van der Waals surface area contributed by atoms with Gasteiger partial charge in [0.2, 0.25) is 5.91 Å². The zero-order valence-corrected chi connectivity index (χ0v) is 10.5. The predicted molar refractivity (Wildman–Crippen MR) is 65.7 cm³/mol. The van der Waals surface area contributed by atoms with Crippen molar-refractivity contribution < 1.29 is 9.59 Å². The molecule has 7 heteroatoms. The van der Waals surface area contributed by atoms with Crippen LogP contribution in [0.4, 0.5) is 5.69 Å². The number of likely N-dealkylation sites (tertiary alicyclic amines) is 1. The van der Waals surface area contributed by atoms with E-state index in [9.17, 15) is 9.59 Å². The van der Waals surface area contributed by atoms with Crippen LogP contribution < -0.4 is 11.1 Å². The Hall–Kier alpha value is -2.05. The molecule has 0 aliphatic carbocycles. The summed E-state index contributed by atoms with van der Waals surface area (Å²) in [5.41, 5.74) is 6.29. The number of rotatable bonds is 2. The number of anilines is 1. The lowest BCUT2D eigenvalue weighted by molar-refractivity contribution is -0.124. The molecule has 1 aliphatic heterocycles. The lowest BCUT2D eigenvalue weighted by Crippen LogP contribution is -2.45. The van der Waals surface area contributed by atoms with Crippen LogP contribution in [0.15, 0.2) is 6.20 Å². The molecule has 2 heterocycles. The van der Waals surface area contributed by atoms with Crippen LogP contribution >= 0.6 is 0 Å². The highest BCUT2D eigenvalue weighted by Gasteiger charge is 2.35. The fourth-order valence-electron chi connectivity index (χ4n) is 2.26. The molecule has 0 saturated carbocycles. The summed E-state index contributed by atoms with van der Waals surface area (Å²) in [7, 11) is 3.27. The summed E-state index contributed by atoms with van der Waals surface area (Å²) >= 11 is 0. The molecule has 0 aromatic carbocycles. The van der Waals surface area contributed by atoms with Crippen molar-refractivity contribution in [3.8, 4) is 0 Å². The molecule has 1 aliphatic rings. The molecule has 1 aromatic heterocycles. The number of amides is 2. The zero-order valence-electron chi connectivity index (χ0n) is 10.5. The normalized spacial score (nSPS) is 19.0. The highest BCUT2D eigenvalue weighted by Crippen LogP contribution is 2.21. The molecule has 1 saturated heterocycles. The second-order valence-corrected chi connectivity index (χ2v) is 4.38. The highest BCUT2D eigenvalue weighted by atomic mass is 16.2. The first-order chi connectivity index (χ1) is 8.54. The molecule has 0 bridgehead atoms. The van der Waals surface area contributed by atoms with E-state index in [-0.39, 0.29) is 17.5 Å². The van der Waals surface area contributed by atoms with Gasteiger partial charge >= 0.3 is 0 Å². The number of hydrogen-bond donors (Lipinski definition) is 2. The molecule has 1 unspecified atom stereocenters. The minimum atomic E-state index is -0.413. The first-order valence-corrected chi connectivity index (χ1v) is 5.86. The molecule has 2 amide bonds. The van der Waals surface area contributed by atoms with Crippen molar-refractivity contribution >= 4 is 17.5 Å². The van der Waals surface area contributed by atoms with Gasteiger partial charge in [-0.15, -0.1) is 0 Å². The second kappa shape index (κ2) is 4.67. The number of nitrogens with one attached hydrogen (secondary N) is 1. The second-order valence-electron chi connectivity index (χ2n) is 4.38. The van der Waals surface area contributed by atoms with E-state index in [1.807, 2.05) is 0 Å². The number of aromatic nitrogens is 2. The fourth-order valence-corrected chi connectivity index (χ4v) is 2.26. The molecule has 1 fully saturated rings. The molecule has 1 atom stereocenters. The van der Waals surface area contributed by atoms with E-state index >= 15 is 0 Å². The molecule has 18 heavy (non-hydrogen) atoms. The van der Waals surface area contributed by atoms with Gasteiger partial charge in [0.15, 0.2) is 5.69 Å². The summed E-state index contributed by atoms with van der Waals surface area (Å²) in [6.07, 6.45) is 3.08. The summed E-state index contributed by atoms with van der Waals surface area (Å²) in [6.45, 7) is 0.562. The monoisotopic (exact) mass is 251 g/mol. The van der Waals surface area contributed by atoms with Gasteiger partial charge in [-0.2, -0.15) is 5.10 Å². The molecule has 0 spiro atoms. The van der Waals surface area contributed by atoms with Gasteiger partial charge in [-0.05, 0) is 12.8 Å². The Morgan fingerprint density at radius 3 is 2.83 bits per heavy atom. The summed E-state index contributed by atoms with van der Waals surface area (Å²) in [4.78, 5) is 25.5. The Bertz CT molecular complexity index is 482. The lowest BCUT2D eigenvalue weighted by atomic mass is 10.2. The number of nitrogens with two attached hydrogens (primary N) is 1. The average molecular weight is 251 g/mol. The quantitative estimate of drug-likeness (QED) is 0.730. The van der Waals surface area contributed by atoms with Gasteiger partial charge in [0.25, 0.3) is 5.91 Å². The molecule has 3 N–H and O–H groups in total. The van der Waals surface area contributed by atoms with Crippen molar-refractivity contribution in [1.82, 2.24) is 20.0 Å². The zero-order chi connectivity index (χ0) is 13.3. The number of hydrogen-bond acceptors (Lipinski definition) is 4. The maximum absolute atomic E-state index is 12.3. The predicted octanol–water partition coefficient (Wildman–Crippen LogP) is -0.647. The minimum absolute atomic E-state index is 0.143. The third-order valence-corrected chi connectivity index (χ3v) is 3.12.